The molecule has 0 fully saturated rings. The van der Waals surface area contributed by atoms with Crippen LogP contribution in [0.25, 0.3) is 0 Å². The molecule has 2 aromatic heterocycles. The van der Waals surface area contributed by atoms with E-state index in [-0.39, 0.29) is 11.7 Å². The monoisotopic (exact) mass is 422 g/mol. The van der Waals surface area contributed by atoms with Gasteiger partial charge in [0.25, 0.3) is 0 Å². The van der Waals surface area contributed by atoms with Crippen molar-refractivity contribution in [2.45, 2.75) is 25.2 Å². The molecule has 6 nitrogen and oxygen atoms in total. The van der Waals surface area contributed by atoms with Crippen LogP contribution in [-0.4, -0.2) is 22.3 Å². The highest BCUT2D eigenvalue weighted by atomic mass is 16.3. The number of fused-ring (bicyclic) bond motifs is 2. The third kappa shape index (κ3) is 3.24. The highest BCUT2D eigenvalue weighted by molar-refractivity contribution is 6.03. The highest BCUT2D eigenvalue weighted by Crippen LogP contribution is 2.39. The van der Waals surface area contributed by atoms with E-state index in [1.807, 2.05) is 48.5 Å². The number of ketones is 1. The number of aromatic nitrogens is 2. The fourth-order valence-corrected chi connectivity index (χ4v) is 4.71. The van der Waals surface area contributed by atoms with Crippen molar-refractivity contribution in [2.24, 2.45) is 0 Å². The average Bonchev–Trinajstić information content (AvgIpc) is 3.50. The SMILES string of the molecule is O=C1CC(c2ccco2)Cc2nc(N3CCc4ccccc43)nc(Nc3ccccc3)c21. The summed E-state index contributed by atoms with van der Waals surface area (Å²) in [5.74, 6) is 2.05. The molecule has 2 aliphatic rings. The summed E-state index contributed by atoms with van der Waals surface area (Å²) in [5, 5.41) is 3.38. The maximum atomic E-state index is 13.3. The molecule has 1 atom stereocenters. The molecule has 1 N–H and O–H groups in total. The van der Waals surface area contributed by atoms with Gasteiger partial charge >= 0.3 is 0 Å². The van der Waals surface area contributed by atoms with Gasteiger partial charge in [0.15, 0.2) is 5.78 Å². The average molecular weight is 422 g/mol. The van der Waals surface area contributed by atoms with Crippen LogP contribution >= 0.6 is 0 Å². The molecule has 4 aromatic rings. The van der Waals surface area contributed by atoms with Crippen molar-refractivity contribution < 1.29 is 9.21 Å². The van der Waals surface area contributed by atoms with Gasteiger partial charge in [0.05, 0.1) is 17.5 Å². The van der Waals surface area contributed by atoms with Crippen LogP contribution in [0.15, 0.2) is 77.4 Å². The molecule has 6 rings (SSSR count). The number of nitrogens with one attached hydrogen (secondary N) is 1. The second-order valence-electron chi connectivity index (χ2n) is 8.26. The lowest BCUT2D eigenvalue weighted by Gasteiger charge is -2.26. The Morgan fingerprint density at radius 1 is 0.938 bits per heavy atom. The van der Waals surface area contributed by atoms with Crippen LogP contribution in [0.5, 0.6) is 0 Å². The second kappa shape index (κ2) is 7.64. The van der Waals surface area contributed by atoms with Gasteiger partial charge in [-0.2, -0.15) is 4.98 Å². The number of anilines is 4. The van der Waals surface area contributed by atoms with Gasteiger partial charge in [-0.15, -0.1) is 0 Å². The molecule has 1 unspecified atom stereocenters. The molecule has 0 amide bonds. The minimum Gasteiger partial charge on any atom is -0.469 e. The predicted molar refractivity (Wildman–Crippen MR) is 123 cm³/mol. The third-order valence-electron chi connectivity index (χ3n) is 6.23. The molecule has 0 bridgehead atoms. The van der Waals surface area contributed by atoms with Crippen molar-refractivity contribution in [3.63, 3.8) is 0 Å². The Kier molecular flexibility index (Phi) is 4.49. The van der Waals surface area contributed by atoms with E-state index in [1.54, 1.807) is 6.26 Å². The highest BCUT2D eigenvalue weighted by Gasteiger charge is 2.34. The summed E-state index contributed by atoms with van der Waals surface area (Å²) in [7, 11) is 0. The van der Waals surface area contributed by atoms with E-state index in [9.17, 15) is 4.79 Å². The van der Waals surface area contributed by atoms with Crippen LogP contribution in [0.4, 0.5) is 23.1 Å². The molecular formula is C26H22N4O2. The molecule has 0 saturated heterocycles. The van der Waals surface area contributed by atoms with E-state index in [0.29, 0.717) is 30.2 Å². The molecule has 0 spiro atoms. The van der Waals surface area contributed by atoms with Crippen LogP contribution in [0, 0.1) is 0 Å². The van der Waals surface area contributed by atoms with Gasteiger partial charge < -0.3 is 14.6 Å². The fraction of sp³-hybridized carbons (Fsp3) is 0.192. The van der Waals surface area contributed by atoms with Crippen molar-refractivity contribution in [3.8, 4) is 0 Å². The number of rotatable bonds is 4. The van der Waals surface area contributed by atoms with Gasteiger partial charge in [0.1, 0.15) is 11.6 Å². The zero-order chi connectivity index (χ0) is 21.5. The summed E-state index contributed by atoms with van der Waals surface area (Å²) in [4.78, 5) is 25.2. The van der Waals surface area contributed by atoms with Crippen molar-refractivity contribution in [3.05, 3.63) is 95.6 Å². The maximum Gasteiger partial charge on any atom is 0.232 e. The zero-order valence-electron chi connectivity index (χ0n) is 17.5. The molecular weight excluding hydrogens is 400 g/mol. The molecule has 0 radical (unpaired) electrons. The molecule has 3 heterocycles. The van der Waals surface area contributed by atoms with E-state index in [4.69, 9.17) is 14.4 Å². The van der Waals surface area contributed by atoms with E-state index < -0.39 is 0 Å². The van der Waals surface area contributed by atoms with E-state index in [1.165, 1.54) is 5.56 Å². The molecule has 6 heteroatoms. The number of para-hydroxylation sites is 2. The Hall–Kier alpha value is -3.93. The molecule has 158 valence electrons. The van der Waals surface area contributed by atoms with Crippen molar-refractivity contribution in [1.82, 2.24) is 9.97 Å². The van der Waals surface area contributed by atoms with Gasteiger partial charge in [0.2, 0.25) is 5.95 Å². The van der Waals surface area contributed by atoms with Crippen LogP contribution in [0.3, 0.4) is 0 Å². The van der Waals surface area contributed by atoms with Gasteiger partial charge in [0, 0.05) is 36.7 Å². The first-order chi connectivity index (χ1) is 15.8. The lowest BCUT2D eigenvalue weighted by atomic mass is 9.84. The Balaban J connectivity index is 1.46. The Morgan fingerprint density at radius 3 is 2.62 bits per heavy atom. The molecule has 2 aromatic carbocycles. The summed E-state index contributed by atoms with van der Waals surface area (Å²) in [5.41, 5.74) is 4.67. The van der Waals surface area contributed by atoms with Crippen LogP contribution in [-0.2, 0) is 12.8 Å². The predicted octanol–water partition coefficient (Wildman–Crippen LogP) is 5.42. The normalized spacial score (nSPS) is 17.2. The number of benzene rings is 2. The van der Waals surface area contributed by atoms with E-state index in [0.717, 1.165) is 35.8 Å². The summed E-state index contributed by atoms with van der Waals surface area (Å²) in [6.07, 6.45) is 3.64. The standard InChI is InChI=1S/C26H22N4O2/c31-22-16-18(23-11-6-14-32-23)15-20-24(22)25(27-19-8-2-1-3-9-19)29-26(28-20)30-13-12-17-7-4-5-10-21(17)30/h1-11,14,18H,12-13,15-16H2,(H,27,28,29). The minimum atomic E-state index is -0.0109. The lowest BCUT2D eigenvalue weighted by Crippen LogP contribution is -2.25. The number of carbonyl (C=O) groups excluding carboxylic acids is 1. The van der Waals surface area contributed by atoms with Gasteiger partial charge in [-0.3, -0.25) is 4.79 Å². The molecule has 0 saturated carbocycles. The van der Waals surface area contributed by atoms with E-state index in [2.05, 4.69) is 28.4 Å². The molecule has 32 heavy (non-hydrogen) atoms. The zero-order valence-corrected chi connectivity index (χ0v) is 17.5. The largest absolute Gasteiger partial charge is 0.469 e. The number of furan rings is 1. The fourth-order valence-electron chi connectivity index (χ4n) is 4.71. The van der Waals surface area contributed by atoms with Crippen LogP contribution in [0.1, 0.15) is 39.7 Å². The summed E-state index contributed by atoms with van der Waals surface area (Å²) in [6, 6.07) is 22.0. The number of carbonyl (C=O) groups is 1. The number of hydrogen-bond acceptors (Lipinski definition) is 6. The van der Waals surface area contributed by atoms with E-state index >= 15 is 0 Å². The first-order valence-electron chi connectivity index (χ1n) is 10.9. The minimum absolute atomic E-state index is 0.0109. The summed E-state index contributed by atoms with van der Waals surface area (Å²) < 4.78 is 5.62. The van der Waals surface area contributed by atoms with Crippen LogP contribution in [0.2, 0.25) is 0 Å². The Labute approximate surface area is 185 Å². The van der Waals surface area contributed by atoms with Gasteiger partial charge in [-0.25, -0.2) is 4.98 Å². The van der Waals surface area contributed by atoms with Gasteiger partial charge in [-0.1, -0.05) is 36.4 Å². The smallest absolute Gasteiger partial charge is 0.232 e. The summed E-state index contributed by atoms with van der Waals surface area (Å²) in [6.45, 7) is 0.818. The van der Waals surface area contributed by atoms with Crippen LogP contribution < -0.4 is 10.2 Å². The topological polar surface area (TPSA) is 71.3 Å². The second-order valence-corrected chi connectivity index (χ2v) is 8.26. The Morgan fingerprint density at radius 2 is 1.78 bits per heavy atom. The Bertz CT molecular complexity index is 1280. The lowest BCUT2D eigenvalue weighted by molar-refractivity contribution is 0.0959. The number of Topliss-reactive ketones (excluding diaryl/α,β-unsaturated/α-hetero) is 1. The maximum absolute atomic E-state index is 13.3. The first kappa shape index (κ1) is 18.8. The van der Waals surface area contributed by atoms with Gasteiger partial charge in [-0.05, 0) is 42.3 Å². The third-order valence-corrected chi connectivity index (χ3v) is 6.23. The summed E-state index contributed by atoms with van der Waals surface area (Å²) >= 11 is 0. The van der Waals surface area contributed by atoms with Crippen molar-refractivity contribution in [1.29, 1.82) is 0 Å². The number of nitrogens with zero attached hydrogens (tertiary/aromatic N) is 3. The quantitative estimate of drug-likeness (QED) is 0.473. The molecule has 1 aliphatic carbocycles. The van der Waals surface area contributed by atoms with Crippen molar-refractivity contribution >= 4 is 28.9 Å². The first-order valence-corrected chi connectivity index (χ1v) is 10.9. The molecule has 1 aliphatic heterocycles. The number of hydrogen-bond donors (Lipinski definition) is 1. The van der Waals surface area contributed by atoms with Crippen molar-refractivity contribution in [2.75, 3.05) is 16.8 Å².